The molecule has 0 aliphatic carbocycles. The molecule has 0 saturated heterocycles. The van der Waals surface area contributed by atoms with Crippen LogP contribution in [0, 0.1) is 0 Å². The van der Waals surface area contributed by atoms with Gasteiger partial charge in [0.2, 0.25) is 0 Å². The van der Waals surface area contributed by atoms with Crippen LogP contribution < -0.4 is 5.32 Å². The number of carboxylic acids is 1. The van der Waals surface area contributed by atoms with Gasteiger partial charge in [0.1, 0.15) is 5.69 Å². The number of benzene rings is 1. The van der Waals surface area contributed by atoms with Gasteiger partial charge < -0.3 is 15.0 Å². The van der Waals surface area contributed by atoms with Gasteiger partial charge in [0.05, 0.1) is 0 Å². The first-order valence-corrected chi connectivity index (χ1v) is 7.60. The summed E-state index contributed by atoms with van der Waals surface area (Å²) in [6.45, 7) is 3.11. The molecule has 24 heavy (non-hydrogen) atoms. The molecule has 6 nitrogen and oxygen atoms in total. The van der Waals surface area contributed by atoms with E-state index in [9.17, 15) is 19.5 Å². The summed E-state index contributed by atoms with van der Waals surface area (Å²) in [7, 11) is 1.64. The molecule has 0 saturated carbocycles. The van der Waals surface area contributed by atoms with E-state index in [2.05, 4.69) is 5.32 Å². The molecule has 0 radical (unpaired) electrons. The zero-order chi connectivity index (χ0) is 17.9. The summed E-state index contributed by atoms with van der Waals surface area (Å²) in [6.07, 6.45) is 1.73. The Morgan fingerprint density at radius 1 is 1.21 bits per heavy atom. The third kappa shape index (κ3) is 3.08. The highest BCUT2D eigenvalue weighted by atomic mass is 16.4. The monoisotopic (exact) mass is 328 g/mol. The predicted molar refractivity (Wildman–Crippen MR) is 88.9 cm³/mol. The highest BCUT2D eigenvalue weighted by Crippen LogP contribution is 2.26. The number of nitrogens with zero attached hydrogens (tertiary/aromatic N) is 1. The number of Topliss-reactive ketones (excluding diaryl/α,β-unsaturated/α-hetero) is 1. The van der Waals surface area contributed by atoms with Gasteiger partial charge in [0.15, 0.2) is 11.3 Å². The summed E-state index contributed by atoms with van der Waals surface area (Å²) in [4.78, 5) is 36.1. The molecular formula is C18H20N2O4. The van der Waals surface area contributed by atoms with E-state index >= 15 is 0 Å². The number of carbonyl (C=O) groups is 3. The lowest BCUT2D eigenvalue weighted by atomic mass is 9.87. The van der Waals surface area contributed by atoms with Crippen LogP contribution in [-0.4, -0.2) is 27.3 Å². The summed E-state index contributed by atoms with van der Waals surface area (Å²) in [5, 5.41) is 12.4. The van der Waals surface area contributed by atoms with Crippen LogP contribution in [0.4, 0.5) is 0 Å². The van der Waals surface area contributed by atoms with E-state index in [1.807, 2.05) is 0 Å². The van der Waals surface area contributed by atoms with Gasteiger partial charge in [-0.1, -0.05) is 37.3 Å². The van der Waals surface area contributed by atoms with Crippen molar-refractivity contribution in [3.8, 4) is 0 Å². The molecule has 6 heteroatoms. The highest BCUT2D eigenvalue weighted by Gasteiger charge is 2.40. The molecule has 0 spiro atoms. The van der Waals surface area contributed by atoms with E-state index in [-0.39, 0.29) is 17.9 Å². The number of amides is 1. The first-order valence-electron chi connectivity index (χ1n) is 7.60. The molecule has 2 rings (SSSR count). The molecule has 1 unspecified atom stereocenters. The third-order valence-corrected chi connectivity index (χ3v) is 4.13. The van der Waals surface area contributed by atoms with Crippen molar-refractivity contribution in [1.82, 2.24) is 9.88 Å². The van der Waals surface area contributed by atoms with Gasteiger partial charge in [0.25, 0.3) is 5.91 Å². The van der Waals surface area contributed by atoms with Gasteiger partial charge in [-0.05, 0) is 25.0 Å². The Morgan fingerprint density at radius 2 is 1.83 bits per heavy atom. The fourth-order valence-corrected chi connectivity index (χ4v) is 2.66. The highest BCUT2D eigenvalue weighted by molar-refractivity contribution is 6.01. The predicted octanol–water partition coefficient (Wildman–Crippen LogP) is 2.35. The Bertz CT molecular complexity index is 780. The number of rotatable bonds is 6. The van der Waals surface area contributed by atoms with Crippen molar-refractivity contribution in [3.63, 3.8) is 0 Å². The van der Waals surface area contributed by atoms with Crippen molar-refractivity contribution >= 4 is 17.7 Å². The van der Waals surface area contributed by atoms with E-state index in [4.69, 9.17) is 0 Å². The fraction of sp³-hybridized carbons (Fsp3) is 0.278. The first kappa shape index (κ1) is 17.5. The van der Waals surface area contributed by atoms with Gasteiger partial charge in [-0.3, -0.25) is 9.59 Å². The molecule has 0 fully saturated rings. The lowest BCUT2D eigenvalue weighted by Crippen LogP contribution is -2.51. The maximum Gasteiger partial charge on any atom is 0.334 e. The van der Waals surface area contributed by atoms with Crippen molar-refractivity contribution in [2.24, 2.45) is 7.05 Å². The standard InChI is InChI=1S/C18H20N2O4/c1-4-18(17(23)24,14-8-6-5-7-9-14)19-16(22)15-10-13(12(2)21)11-20(15)3/h5-11H,4H2,1-3H3,(H,19,22)(H,23,24). The van der Waals surface area contributed by atoms with Crippen molar-refractivity contribution < 1.29 is 19.5 Å². The molecule has 1 atom stereocenters. The van der Waals surface area contributed by atoms with Gasteiger partial charge in [0, 0.05) is 18.8 Å². The number of ketones is 1. The van der Waals surface area contributed by atoms with Crippen molar-refractivity contribution in [1.29, 1.82) is 0 Å². The third-order valence-electron chi connectivity index (χ3n) is 4.13. The topological polar surface area (TPSA) is 88.4 Å². The Hall–Kier alpha value is -2.89. The normalized spacial score (nSPS) is 13.1. The minimum Gasteiger partial charge on any atom is -0.479 e. The molecule has 1 aromatic carbocycles. The molecule has 0 aliphatic heterocycles. The maximum atomic E-state index is 12.6. The van der Waals surface area contributed by atoms with Gasteiger partial charge >= 0.3 is 5.97 Å². The zero-order valence-corrected chi connectivity index (χ0v) is 13.9. The van der Waals surface area contributed by atoms with E-state index < -0.39 is 17.4 Å². The minimum atomic E-state index is -1.53. The van der Waals surface area contributed by atoms with E-state index in [1.54, 1.807) is 50.5 Å². The average Bonchev–Trinajstić information content (AvgIpc) is 2.95. The van der Waals surface area contributed by atoms with Crippen molar-refractivity contribution in [3.05, 3.63) is 59.4 Å². The molecular weight excluding hydrogens is 308 g/mol. The van der Waals surface area contributed by atoms with Crippen LogP contribution in [0.25, 0.3) is 0 Å². The summed E-state index contributed by atoms with van der Waals surface area (Å²) in [6, 6.07) is 10.0. The summed E-state index contributed by atoms with van der Waals surface area (Å²) in [5.74, 6) is -1.84. The van der Waals surface area contributed by atoms with Gasteiger partial charge in [-0.15, -0.1) is 0 Å². The minimum absolute atomic E-state index is 0.160. The number of carboxylic acid groups (broad SMARTS) is 1. The smallest absolute Gasteiger partial charge is 0.334 e. The molecule has 2 N–H and O–H groups in total. The number of hydrogen-bond acceptors (Lipinski definition) is 3. The molecule has 126 valence electrons. The zero-order valence-electron chi connectivity index (χ0n) is 13.9. The van der Waals surface area contributed by atoms with Crippen LogP contribution in [-0.2, 0) is 17.4 Å². The lowest BCUT2D eigenvalue weighted by molar-refractivity contribution is -0.145. The second kappa shape index (κ2) is 6.70. The molecule has 0 bridgehead atoms. The Morgan fingerprint density at radius 3 is 2.29 bits per heavy atom. The van der Waals surface area contributed by atoms with E-state index in [0.717, 1.165) is 0 Å². The second-order valence-electron chi connectivity index (χ2n) is 5.67. The largest absolute Gasteiger partial charge is 0.479 e. The second-order valence-corrected chi connectivity index (χ2v) is 5.67. The molecule has 1 amide bonds. The average molecular weight is 328 g/mol. The van der Waals surface area contributed by atoms with E-state index in [1.165, 1.54) is 17.6 Å². The van der Waals surface area contributed by atoms with Crippen LogP contribution >= 0.6 is 0 Å². The number of carbonyl (C=O) groups excluding carboxylic acids is 2. The van der Waals surface area contributed by atoms with Crippen LogP contribution in [0.1, 0.15) is 46.7 Å². The Labute approximate surface area is 140 Å². The fourth-order valence-electron chi connectivity index (χ4n) is 2.66. The number of aromatic nitrogens is 1. The number of aryl methyl sites for hydroxylation is 1. The Kier molecular flexibility index (Phi) is 4.87. The number of nitrogens with one attached hydrogen (secondary N) is 1. The Balaban J connectivity index is 2.42. The quantitative estimate of drug-likeness (QED) is 0.797. The number of hydrogen-bond donors (Lipinski definition) is 2. The molecule has 2 aromatic rings. The van der Waals surface area contributed by atoms with Crippen molar-refractivity contribution in [2.75, 3.05) is 0 Å². The van der Waals surface area contributed by atoms with Crippen LogP contribution in [0.15, 0.2) is 42.6 Å². The maximum absolute atomic E-state index is 12.6. The molecule has 1 heterocycles. The summed E-state index contributed by atoms with van der Waals surface area (Å²) >= 11 is 0. The molecule has 0 aliphatic rings. The summed E-state index contributed by atoms with van der Waals surface area (Å²) in [5.41, 5.74) is -0.400. The van der Waals surface area contributed by atoms with Gasteiger partial charge in [-0.2, -0.15) is 0 Å². The SMILES string of the molecule is CCC(NC(=O)c1cc(C(C)=O)cn1C)(C(=O)O)c1ccccc1. The van der Waals surface area contributed by atoms with Crippen LogP contribution in [0.3, 0.4) is 0 Å². The van der Waals surface area contributed by atoms with Gasteiger partial charge in [-0.25, -0.2) is 4.79 Å². The van der Waals surface area contributed by atoms with Crippen LogP contribution in [0.2, 0.25) is 0 Å². The van der Waals surface area contributed by atoms with E-state index in [0.29, 0.717) is 11.1 Å². The van der Waals surface area contributed by atoms with Crippen molar-refractivity contribution in [2.45, 2.75) is 25.8 Å². The lowest BCUT2D eigenvalue weighted by Gasteiger charge is -2.30. The molecule has 1 aromatic heterocycles. The van der Waals surface area contributed by atoms with Crippen LogP contribution in [0.5, 0.6) is 0 Å². The first-order chi connectivity index (χ1) is 11.3. The summed E-state index contributed by atoms with van der Waals surface area (Å²) < 4.78 is 1.51. The number of aliphatic carboxylic acids is 1.